The van der Waals surface area contributed by atoms with Gasteiger partial charge in [-0.2, -0.15) is 0 Å². The minimum absolute atomic E-state index is 0.115. The Balaban J connectivity index is 1.97. The fourth-order valence-corrected chi connectivity index (χ4v) is 4.18. The second kappa shape index (κ2) is 3.68. The quantitative estimate of drug-likeness (QED) is 0.602. The first-order chi connectivity index (χ1) is 8.02. The molecule has 17 heavy (non-hydrogen) atoms. The summed E-state index contributed by atoms with van der Waals surface area (Å²) in [6, 6.07) is 0. The number of Topliss-reactive ketones (excluding diaryl/α,β-unsaturated/α-hetero) is 1. The summed E-state index contributed by atoms with van der Waals surface area (Å²) in [6.07, 6.45) is 4.12. The highest BCUT2D eigenvalue weighted by Crippen LogP contribution is 2.54. The smallest absolute Gasteiger partial charge is 0.139 e. The highest BCUT2D eigenvalue weighted by atomic mass is 16.5. The van der Waals surface area contributed by atoms with Crippen LogP contribution in [0, 0.1) is 17.3 Å². The topological polar surface area (TPSA) is 26.3 Å². The number of ketones is 1. The molecule has 0 aromatic rings. The molecule has 3 aliphatic rings. The first kappa shape index (κ1) is 11.5. The Morgan fingerprint density at radius 3 is 2.94 bits per heavy atom. The van der Waals surface area contributed by atoms with Gasteiger partial charge in [0.1, 0.15) is 5.78 Å². The van der Waals surface area contributed by atoms with Gasteiger partial charge in [-0.1, -0.05) is 13.8 Å². The van der Waals surface area contributed by atoms with Crippen molar-refractivity contribution in [1.82, 2.24) is 0 Å². The molecule has 0 unspecified atom stereocenters. The van der Waals surface area contributed by atoms with Gasteiger partial charge in [-0.3, -0.25) is 4.79 Å². The molecule has 2 heteroatoms. The monoisotopic (exact) mass is 234 g/mol. The van der Waals surface area contributed by atoms with Gasteiger partial charge < -0.3 is 4.74 Å². The lowest BCUT2D eigenvalue weighted by Gasteiger charge is -2.49. The van der Waals surface area contributed by atoms with Gasteiger partial charge in [0.15, 0.2) is 0 Å². The van der Waals surface area contributed by atoms with Gasteiger partial charge >= 0.3 is 0 Å². The Labute approximate surface area is 103 Å². The van der Waals surface area contributed by atoms with Crippen molar-refractivity contribution in [2.45, 2.75) is 52.6 Å². The first-order valence-corrected chi connectivity index (χ1v) is 6.86. The lowest BCUT2D eigenvalue weighted by molar-refractivity contribution is -0.141. The van der Waals surface area contributed by atoms with Crippen LogP contribution in [0.2, 0.25) is 0 Å². The molecule has 0 bridgehead atoms. The molecule has 0 spiro atoms. The van der Waals surface area contributed by atoms with Crippen LogP contribution in [0.3, 0.4) is 0 Å². The molecule has 0 N–H and O–H groups in total. The molecule has 1 heterocycles. The standard InChI is InChI=1S/C15H22O2/c1-9-4-5-14(16)15(3)7-13-11(6-12(9)15)10(2)8-17-13/h9,12-13H,4-8H2,1-3H3/t9-,12-,13+,15+/m0/s1. The van der Waals surface area contributed by atoms with Crippen LogP contribution in [0.15, 0.2) is 11.1 Å². The molecule has 0 saturated heterocycles. The molecule has 3 rings (SSSR count). The average Bonchev–Trinajstić information content (AvgIpc) is 2.64. The number of rotatable bonds is 0. The van der Waals surface area contributed by atoms with Crippen molar-refractivity contribution >= 4 is 5.78 Å². The van der Waals surface area contributed by atoms with E-state index < -0.39 is 0 Å². The highest BCUT2D eigenvalue weighted by Gasteiger charge is 2.52. The second-order valence-corrected chi connectivity index (χ2v) is 6.48. The van der Waals surface area contributed by atoms with Gasteiger partial charge in [0.05, 0.1) is 12.7 Å². The van der Waals surface area contributed by atoms with Crippen LogP contribution in [0.5, 0.6) is 0 Å². The average molecular weight is 234 g/mol. The molecule has 0 aromatic carbocycles. The molecule has 2 aliphatic carbocycles. The Hall–Kier alpha value is -0.630. The van der Waals surface area contributed by atoms with E-state index in [-0.39, 0.29) is 11.5 Å². The van der Waals surface area contributed by atoms with Gasteiger partial charge in [0.2, 0.25) is 0 Å². The van der Waals surface area contributed by atoms with E-state index in [0.29, 0.717) is 17.6 Å². The van der Waals surface area contributed by atoms with E-state index in [0.717, 1.165) is 32.3 Å². The van der Waals surface area contributed by atoms with Crippen LogP contribution in [0.25, 0.3) is 0 Å². The number of hydrogen-bond acceptors (Lipinski definition) is 2. The van der Waals surface area contributed by atoms with Gasteiger partial charge in [0.25, 0.3) is 0 Å². The zero-order valence-electron chi connectivity index (χ0n) is 11.1. The summed E-state index contributed by atoms with van der Waals surface area (Å²) < 4.78 is 5.84. The van der Waals surface area contributed by atoms with E-state index >= 15 is 0 Å². The second-order valence-electron chi connectivity index (χ2n) is 6.48. The van der Waals surface area contributed by atoms with E-state index in [2.05, 4.69) is 20.8 Å². The maximum atomic E-state index is 12.3. The molecule has 2 nitrogen and oxygen atoms in total. The molecule has 2 fully saturated rings. The van der Waals surface area contributed by atoms with E-state index in [1.807, 2.05) is 0 Å². The van der Waals surface area contributed by atoms with Crippen LogP contribution < -0.4 is 0 Å². The number of fused-ring (bicyclic) bond motifs is 2. The van der Waals surface area contributed by atoms with Crippen molar-refractivity contribution in [3.63, 3.8) is 0 Å². The summed E-state index contributed by atoms with van der Waals surface area (Å²) in [7, 11) is 0. The van der Waals surface area contributed by atoms with Gasteiger partial charge in [-0.25, -0.2) is 0 Å². The fourth-order valence-electron chi connectivity index (χ4n) is 4.18. The zero-order valence-corrected chi connectivity index (χ0v) is 11.1. The third kappa shape index (κ3) is 1.53. The number of ether oxygens (including phenoxy) is 1. The molecule has 1 aliphatic heterocycles. The van der Waals surface area contributed by atoms with Crippen LogP contribution in [0.4, 0.5) is 0 Å². The van der Waals surface area contributed by atoms with Crippen LogP contribution in [0.1, 0.15) is 46.5 Å². The van der Waals surface area contributed by atoms with Crippen LogP contribution >= 0.6 is 0 Å². The minimum Gasteiger partial charge on any atom is -0.369 e. The van der Waals surface area contributed by atoms with E-state index in [9.17, 15) is 4.79 Å². The minimum atomic E-state index is -0.115. The molecular formula is C15H22O2. The van der Waals surface area contributed by atoms with Crippen molar-refractivity contribution in [2.75, 3.05) is 6.61 Å². The van der Waals surface area contributed by atoms with Crippen LogP contribution in [-0.4, -0.2) is 18.5 Å². The Kier molecular flexibility index (Phi) is 2.48. The van der Waals surface area contributed by atoms with Gasteiger partial charge in [-0.05, 0) is 49.2 Å². The van der Waals surface area contributed by atoms with E-state index in [4.69, 9.17) is 4.74 Å². The predicted molar refractivity (Wildman–Crippen MR) is 66.7 cm³/mol. The highest BCUT2D eigenvalue weighted by molar-refractivity contribution is 5.86. The Morgan fingerprint density at radius 1 is 1.41 bits per heavy atom. The molecule has 0 radical (unpaired) electrons. The maximum Gasteiger partial charge on any atom is 0.139 e. The van der Waals surface area contributed by atoms with Crippen molar-refractivity contribution in [1.29, 1.82) is 0 Å². The first-order valence-electron chi connectivity index (χ1n) is 6.86. The fraction of sp³-hybridized carbons (Fsp3) is 0.800. The summed E-state index contributed by atoms with van der Waals surface area (Å²) in [5.74, 6) is 1.71. The summed E-state index contributed by atoms with van der Waals surface area (Å²) in [6.45, 7) is 7.48. The lowest BCUT2D eigenvalue weighted by Crippen LogP contribution is -2.49. The largest absolute Gasteiger partial charge is 0.369 e. The normalized spacial score (nSPS) is 45.8. The summed E-state index contributed by atoms with van der Waals surface area (Å²) in [5.41, 5.74) is 2.81. The molecule has 2 saturated carbocycles. The van der Waals surface area contributed by atoms with Crippen LogP contribution in [-0.2, 0) is 9.53 Å². The van der Waals surface area contributed by atoms with Crippen molar-refractivity contribution in [3.05, 3.63) is 11.1 Å². The zero-order chi connectivity index (χ0) is 12.2. The third-order valence-electron chi connectivity index (χ3n) is 5.46. The predicted octanol–water partition coefficient (Wildman–Crippen LogP) is 3.12. The lowest BCUT2D eigenvalue weighted by atomic mass is 9.55. The van der Waals surface area contributed by atoms with Gasteiger partial charge in [-0.15, -0.1) is 0 Å². The van der Waals surface area contributed by atoms with Crippen molar-refractivity contribution < 1.29 is 9.53 Å². The number of carbonyl (C=O) groups excluding carboxylic acids is 1. The molecule has 0 aromatic heterocycles. The van der Waals surface area contributed by atoms with Crippen molar-refractivity contribution in [3.8, 4) is 0 Å². The van der Waals surface area contributed by atoms with E-state index in [1.54, 1.807) is 0 Å². The third-order valence-corrected chi connectivity index (χ3v) is 5.46. The van der Waals surface area contributed by atoms with Crippen molar-refractivity contribution in [2.24, 2.45) is 17.3 Å². The Bertz CT molecular complexity index is 396. The molecule has 0 amide bonds. The summed E-state index contributed by atoms with van der Waals surface area (Å²) in [5, 5.41) is 0. The maximum absolute atomic E-state index is 12.3. The SMILES string of the molecule is CC1=C2C[C@H]3[C@@H](C)CCC(=O)[C@]3(C)C[C@H]2OC1. The van der Waals surface area contributed by atoms with E-state index in [1.165, 1.54) is 11.1 Å². The molecular weight excluding hydrogens is 212 g/mol. The summed E-state index contributed by atoms with van der Waals surface area (Å²) >= 11 is 0. The van der Waals surface area contributed by atoms with Gasteiger partial charge in [0, 0.05) is 11.8 Å². The number of hydrogen-bond donors (Lipinski definition) is 0. The summed E-state index contributed by atoms with van der Waals surface area (Å²) in [4.78, 5) is 12.3. The Morgan fingerprint density at radius 2 is 2.18 bits per heavy atom. The number of carbonyl (C=O) groups is 1. The molecule has 4 atom stereocenters. The molecule has 94 valence electrons.